The van der Waals surface area contributed by atoms with E-state index >= 15 is 0 Å². The third kappa shape index (κ3) is 6.45. The van der Waals surface area contributed by atoms with Crippen molar-refractivity contribution in [3.8, 4) is 0 Å². The van der Waals surface area contributed by atoms with Gasteiger partial charge in [-0.2, -0.15) is 0 Å². The molecule has 1 heterocycles. The van der Waals surface area contributed by atoms with Crippen LogP contribution < -0.4 is 5.32 Å². The molecule has 24 heavy (non-hydrogen) atoms. The maximum Gasteiger partial charge on any atom is 0.407 e. The van der Waals surface area contributed by atoms with E-state index in [2.05, 4.69) is 15.0 Å². The standard InChI is InChI=1S/C16H26N2O5S/c1-9(2)10(18-15(21)23-16(3,4)5)7-12(19)13-17-11(8-24-13)14(20)22-6/h8-10,12,19H,7H2,1-6H3,(H,18,21)/t10?,12-/m1/s1. The van der Waals surface area contributed by atoms with Crippen LogP contribution in [-0.2, 0) is 9.47 Å². The van der Waals surface area contributed by atoms with Crippen LogP contribution in [0.25, 0.3) is 0 Å². The summed E-state index contributed by atoms with van der Waals surface area (Å²) in [5, 5.41) is 15.1. The lowest BCUT2D eigenvalue weighted by atomic mass is 9.98. The van der Waals surface area contributed by atoms with Crippen molar-refractivity contribution in [2.24, 2.45) is 5.92 Å². The lowest BCUT2D eigenvalue weighted by Crippen LogP contribution is -2.42. The summed E-state index contributed by atoms with van der Waals surface area (Å²) in [6.07, 6.45) is -1.15. The summed E-state index contributed by atoms with van der Waals surface area (Å²) in [6.45, 7) is 9.24. The fourth-order valence-corrected chi connectivity index (χ4v) is 2.72. The second-order valence-corrected chi connectivity index (χ2v) is 7.70. The molecule has 1 rings (SSSR count). The Balaban J connectivity index is 2.72. The third-order valence-corrected chi connectivity index (χ3v) is 4.13. The molecule has 0 aliphatic rings. The second-order valence-electron chi connectivity index (χ2n) is 6.81. The Kier molecular flexibility index (Phi) is 7.16. The van der Waals surface area contributed by atoms with Gasteiger partial charge in [0, 0.05) is 17.8 Å². The highest BCUT2D eigenvalue weighted by Crippen LogP contribution is 2.25. The molecule has 0 aliphatic carbocycles. The van der Waals surface area contributed by atoms with Crippen LogP contribution in [0.5, 0.6) is 0 Å². The monoisotopic (exact) mass is 358 g/mol. The maximum absolute atomic E-state index is 11.9. The van der Waals surface area contributed by atoms with Crippen molar-refractivity contribution in [2.45, 2.75) is 58.8 Å². The Morgan fingerprint density at radius 2 is 2.00 bits per heavy atom. The third-order valence-electron chi connectivity index (χ3n) is 3.19. The number of carbonyl (C=O) groups is 2. The van der Waals surface area contributed by atoms with Crippen molar-refractivity contribution >= 4 is 23.4 Å². The predicted octanol–water partition coefficient (Wildman–Crippen LogP) is 2.90. The fourth-order valence-electron chi connectivity index (χ4n) is 1.94. The van der Waals surface area contributed by atoms with Crippen LogP contribution in [-0.4, -0.2) is 40.9 Å². The van der Waals surface area contributed by atoms with E-state index in [0.717, 1.165) is 0 Å². The molecular weight excluding hydrogens is 332 g/mol. The Morgan fingerprint density at radius 3 is 2.50 bits per heavy atom. The number of thiazole rings is 1. The predicted molar refractivity (Wildman–Crippen MR) is 91.0 cm³/mol. The number of aromatic nitrogens is 1. The molecule has 1 unspecified atom stereocenters. The number of methoxy groups -OCH3 is 1. The van der Waals surface area contributed by atoms with Gasteiger partial charge in [-0.15, -0.1) is 11.3 Å². The lowest BCUT2D eigenvalue weighted by Gasteiger charge is -2.26. The molecule has 8 heteroatoms. The smallest absolute Gasteiger partial charge is 0.407 e. The number of hydrogen-bond acceptors (Lipinski definition) is 7. The maximum atomic E-state index is 11.9. The molecule has 2 atom stereocenters. The van der Waals surface area contributed by atoms with E-state index in [1.807, 2.05) is 13.8 Å². The SMILES string of the molecule is COC(=O)c1csc([C@H](O)CC(NC(=O)OC(C)(C)C)C(C)C)n1. The molecule has 0 saturated heterocycles. The minimum absolute atomic E-state index is 0.0900. The highest BCUT2D eigenvalue weighted by Gasteiger charge is 2.26. The van der Waals surface area contributed by atoms with E-state index in [0.29, 0.717) is 5.01 Å². The van der Waals surface area contributed by atoms with Crippen LogP contribution in [0.4, 0.5) is 4.79 Å². The first-order valence-corrected chi connectivity index (χ1v) is 8.62. The van der Waals surface area contributed by atoms with Gasteiger partial charge in [0.25, 0.3) is 0 Å². The molecule has 1 aromatic rings. The highest BCUT2D eigenvalue weighted by molar-refractivity contribution is 7.09. The van der Waals surface area contributed by atoms with Gasteiger partial charge in [-0.1, -0.05) is 13.8 Å². The number of ether oxygens (including phenoxy) is 2. The number of rotatable bonds is 6. The molecule has 0 spiro atoms. The van der Waals surface area contributed by atoms with Gasteiger partial charge in [0.15, 0.2) is 5.69 Å². The minimum atomic E-state index is -0.893. The van der Waals surface area contributed by atoms with Gasteiger partial charge >= 0.3 is 12.1 Å². The molecule has 0 radical (unpaired) electrons. The van der Waals surface area contributed by atoms with Crippen LogP contribution in [0.1, 0.15) is 62.6 Å². The quantitative estimate of drug-likeness (QED) is 0.759. The first-order valence-electron chi connectivity index (χ1n) is 7.74. The number of alkyl carbamates (subject to hydrolysis) is 1. The zero-order valence-corrected chi connectivity index (χ0v) is 15.8. The summed E-state index contributed by atoms with van der Waals surface area (Å²) in [4.78, 5) is 27.4. The van der Waals surface area contributed by atoms with Crippen LogP contribution in [0.2, 0.25) is 0 Å². The molecule has 2 N–H and O–H groups in total. The Morgan fingerprint density at radius 1 is 1.38 bits per heavy atom. The molecule has 7 nitrogen and oxygen atoms in total. The Bertz CT molecular complexity index is 565. The summed E-state index contributed by atoms with van der Waals surface area (Å²) >= 11 is 1.18. The zero-order valence-electron chi connectivity index (χ0n) is 15.0. The Labute approximate surface area is 146 Å². The molecule has 1 amide bonds. The van der Waals surface area contributed by atoms with Gasteiger partial charge in [0.05, 0.1) is 7.11 Å². The summed E-state index contributed by atoms with van der Waals surface area (Å²) in [7, 11) is 1.28. The molecule has 0 aromatic carbocycles. The first kappa shape index (κ1) is 20.4. The van der Waals surface area contributed by atoms with E-state index in [4.69, 9.17) is 4.74 Å². The Hall–Kier alpha value is -1.67. The largest absolute Gasteiger partial charge is 0.464 e. The molecule has 0 bridgehead atoms. The summed E-state index contributed by atoms with van der Waals surface area (Å²) < 4.78 is 9.85. The molecular formula is C16H26N2O5S. The highest BCUT2D eigenvalue weighted by atomic mass is 32.1. The topological polar surface area (TPSA) is 97.8 Å². The fraction of sp³-hybridized carbons (Fsp3) is 0.688. The van der Waals surface area contributed by atoms with Gasteiger partial charge < -0.3 is 19.9 Å². The van der Waals surface area contributed by atoms with Crippen molar-refractivity contribution in [1.82, 2.24) is 10.3 Å². The van der Waals surface area contributed by atoms with E-state index in [1.54, 1.807) is 20.8 Å². The average molecular weight is 358 g/mol. The van der Waals surface area contributed by atoms with E-state index in [-0.39, 0.29) is 24.1 Å². The number of aliphatic hydroxyl groups is 1. The van der Waals surface area contributed by atoms with Crippen molar-refractivity contribution in [1.29, 1.82) is 0 Å². The van der Waals surface area contributed by atoms with Crippen LogP contribution in [0, 0.1) is 5.92 Å². The van der Waals surface area contributed by atoms with Gasteiger partial charge in [-0.3, -0.25) is 0 Å². The molecule has 1 aromatic heterocycles. The zero-order chi connectivity index (χ0) is 18.5. The van der Waals surface area contributed by atoms with Gasteiger partial charge in [-0.25, -0.2) is 14.6 Å². The first-order chi connectivity index (χ1) is 11.0. The number of nitrogens with one attached hydrogen (secondary N) is 1. The molecule has 0 saturated carbocycles. The minimum Gasteiger partial charge on any atom is -0.464 e. The van der Waals surface area contributed by atoms with Crippen molar-refractivity contribution in [3.05, 3.63) is 16.1 Å². The van der Waals surface area contributed by atoms with Gasteiger partial charge in [-0.05, 0) is 26.7 Å². The van der Waals surface area contributed by atoms with Gasteiger partial charge in [0.2, 0.25) is 0 Å². The van der Waals surface area contributed by atoms with E-state index in [1.165, 1.54) is 23.8 Å². The van der Waals surface area contributed by atoms with Crippen molar-refractivity contribution in [3.63, 3.8) is 0 Å². The van der Waals surface area contributed by atoms with E-state index in [9.17, 15) is 14.7 Å². The van der Waals surface area contributed by atoms with Gasteiger partial charge in [0.1, 0.15) is 16.7 Å². The second kappa shape index (κ2) is 8.43. The lowest BCUT2D eigenvalue weighted by molar-refractivity contribution is 0.0461. The molecule has 0 aliphatic heterocycles. The van der Waals surface area contributed by atoms with Crippen molar-refractivity contribution in [2.75, 3.05) is 7.11 Å². The van der Waals surface area contributed by atoms with Crippen LogP contribution in [0.3, 0.4) is 0 Å². The normalized spacial score (nSPS) is 14.2. The van der Waals surface area contributed by atoms with E-state index < -0.39 is 23.8 Å². The van der Waals surface area contributed by atoms with Crippen LogP contribution >= 0.6 is 11.3 Å². The summed E-state index contributed by atoms with van der Waals surface area (Å²) in [5.74, 6) is -0.454. The number of nitrogens with zero attached hydrogens (tertiary/aromatic N) is 1. The average Bonchev–Trinajstić information content (AvgIpc) is 2.93. The van der Waals surface area contributed by atoms with Crippen LogP contribution in [0.15, 0.2) is 5.38 Å². The molecule has 136 valence electrons. The number of aliphatic hydroxyl groups excluding tert-OH is 1. The number of carbonyl (C=O) groups excluding carboxylic acids is 2. The molecule has 0 fully saturated rings. The number of amides is 1. The summed E-state index contributed by atoms with van der Waals surface area (Å²) in [6, 6.07) is -0.291. The number of hydrogen-bond donors (Lipinski definition) is 2. The summed E-state index contributed by atoms with van der Waals surface area (Å²) in [5.41, 5.74) is -0.424. The number of esters is 1. The van der Waals surface area contributed by atoms with Crippen molar-refractivity contribution < 1.29 is 24.2 Å².